The predicted octanol–water partition coefficient (Wildman–Crippen LogP) is 6.65. The lowest BCUT2D eigenvalue weighted by molar-refractivity contribution is -0.154. The Labute approximate surface area is 209 Å². The molecule has 3 aromatic carbocycles. The molecule has 0 aliphatic rings. The number of rotatable bonds is 7. The van der Waals surface area contributed by atoms with Crippen LogP contribution in [0.1, 0.15) is 5.56 Å². The molecule has 0 unspecified atom stereocenters. The maximum atomic E-state index is 13.0. The second kappa shape index (κ2) is 9.58. The first-order valence-electron chi connectivity index (χ1n) is 10.4. The molecule has 0 saturated carbocycles. The summed E-state index contributed by atoms with van der Waals surface area (Å²) >= 11 is 6.29. The Balaban J connectivity index is 2.00. The number of aromatic nitrogens is 1. The van der Waals surface area contributed by atoms with Crippen molar-refractivity contribution in [2.45, 2.75) is 18.8 Å². The Morgan fingerprint density at radius 2 is 1.46 bits per heavy atom. The summed E-state index contributed by atoms with van der Waals surface area (Å²) in [6.45, 7) is -3.43. The number of carboxylic acid groups (broad SMARTS) is 1. The van der Waals surface area contributed by atoms with E-state index in [2.05, 4.69) is 0 Å². The molecule has 0 radical (unpaired) electrons. The first kappa shape index (κ1) is 26.3. The zero-order valence-electron chi connectivity index (χ0n) is 18.5. The Hall–Kier alpha value is -3.80. The molecule has 0 bridgehead atoms. The Kier molecular flexibility index (Phi) is 6.80. The predicted molar refractivity (Wildman–Crippen MR) is 122 cm³/mol. The summed E-state index contributed by atoms with van der Waals surface area (Å²) in [5, 5.41) is 19.5. The van der Waals surface area contributed by atoms with Crippen LogP contribution in [0, 0.1) is 0 Å². The first-order valence-corrected chi connectivity index (χ1v) is 10.8. The molecule has 1 heterocycles. The van der Waals surface area contributed by atoms with E-state index < -0.39 is 43.2 Å². The summed E-state index contributed by atoms with van der Waals surface area (Å²) in [7, 11) is 0. The summed E-state index contributed by atoms with van der Waals surface area (Å²) in [5.74, 6) is -2.56. The molecule has 1 aromatic heterocycles. The number of aromatic hydroxyl groups is 1. The summed E-state index contributed by atoms with van der Waals surface area (Å²) in [6.07, 6.45) is -8.68. The van der Waals surface area contributed by atoms with E-state index in [0.29, 0.717) is 5.56 Å². The molecule has 37 heavy (non-hydrogen) atoms. The van der Waals surface area contributed by atoms with Gasteiger partial charge in [0.25, 0.3) is 0 Å². The highest BCUT2D eigenvalue weighted by Gasteiger charge is 2.33. The van der Waals surface area contributed by atoms with Gasteiger partial charge < -0.3 is 19.7 Å². The van der Waals surface area contributed by atoms with E-state index in [4.69, 9.17) is 26.2 Å². The van der Waals surface area contributed by atoms with Gasteiger partial charge in [-0.2, -0.15) is 26.3 Å². The fourth-order valence-corrected chi connectivity index (χ4v) is 4.17. The number of alkyl halides is 6. The van der Waals surface area contributed by atoms with Crippen LogP contribution < -0.4 is 9.47 Å². The number of aliphatic carboxylic acids is 1. The van der Waals surface area contributed by atoms with Gasteiger partial charge in [0.05, 0.1) is 27.9 Å². The van der Waals surface area contributed by atoms with Gasteiger partial charge in [0.2, 0.25) is 5.88 Å². The van der Waals surface area contributed by atoms with Crippen LogP contribution in [0.3, 0.4) is 0 Å². The molecule has 0 fully saturated rings. The molecule has 4 rings (SSSR count). The first-order chi connectivity index (χ1) is 17.2. The van der Waals surface area contributed by atoms with E-state index in [-0.39, 0.29) is 44.4 Å². The Morgan fingerprint density at radius 1 is 0.892 bits per heavy atom. The van der Waals surface area contributed by atoms with Crippen LogP contribution in [-0.4, -0.2) is 46.3 Å². The number of carboxylic acids is 1. The van der Waals surface area contributed by atoms with Crippen LogP contribution in [0.15, 0.2) is 48.7 Å². The topological polar surface area (TPSA) is 80.9 Å². The highest BCUT2D eigenvalue weighted by atomic mass is 35.5. The van der Waals surface area contributed by atoms with E-state index in [1.807, 2.05) is 0 Å². The van der Waals surface area contributed by atoms with Gasteiger partial charge in [-0.05, 0) is 17.7 Å². The van der Waals surface area contributed by atoms with E-state index in [1.165, 1.54) is 42.5 Å². The standard InChI is InChI=1S/C24H16ClF6NO5/c25-16-7-12(8-18(33)34)5-6-17(16)32-9-15-19(22(32)35)21(37-11-24(29,30)31)14-4-2-1-3-13(14)20(15)36-10-23(26,27)28/h1-7,9,35H,8,10-11H2,(H,33,34). The molecule has 0 amide bonds. The monoisotopic (exact) mass is 547 g/mol. The average Bonchev–Trinajstić information content (AvgIpc) is 3.11. The Morgan fingerprint density at radius 3 is 2.00 bits per heavy atom. The van der Waals surface area contributed by atoms with Gasteiger partial charge in [-0.1, -0.05) is 41.9 Å². The second-order valence-corrected chi connectivity index (χ2v) is 8.39. The number of benzene rings is 3. The molecule has 0 aliphatic heterocycles. The summed E-state index contributed by atoms with van der Waals surface area (Å²) in [5.41, 5.74) is 0.406. The van der Waals surface area contributed by atoms with Crippen molar-refractivity contribution in [3.8, 4) is 23.1 Å². The highest BCUT2D eigenvalue weighted by molar-refractivity contribution is 6.32. The minimum absolute atomic E-state index is 0.0209. The molecule has 196 valence electrons. The molecule has 4 aromatic rings. The molecule has 0 spiro atoms. The van der Waals surface area contributed by atoms with Gasteiger partial charge in [0.15, 0.2) is 13.2 Å². The third-order valence-electron chi connectivity index (χ3n) is 5.25. The van der Waals surface area contributed by atoms with Crippen molar-refractivity contribution in [1.82, 2.24) is 4.57 Å². The van der Waals surface area contributed by atoms with E-state index in [1.54, 1.807) is 0 Å². The molecule has 13 heteroatoms. The van der Waals surface area contributed by atoms with E-state index >= 15 is 0 Å². The molecule has 2 N–H and O–H groups in total. The van der Waals surface area contributed by atoms with E-state index in [0.717, 1.165) is 10.8 Å². The third-order valence-corrected chi connectivity index (χ3v) is 5.56. The quantitative estimate of drug-likeness (QED) is 0.253. The third kappa shape index (κ3) is 5.63. The zero-order chi connectivity index (χ0) is 27.1. The fraction of sp³-hybridized carbons (Fsp3) is 0.208. The maximum absolute atomic E-state index is 13.0. The number of carbonyl (C=O) groups is 1. The molecule has 0 atom stereocenters. The van der Waals surface area contributed by atoms with Gasteiger partial charge in [0, 0.05) is 17.0 Å². The van der Waals surface area contributed by atoms with Crippen LogP contribution in [0.5, 0.6) is 17.4 Å². The van der Waals surface area contributed by atoms with Crippen molar-refractivity contribution >= 4 is 39.1 Å². The smallest absolute Gasteiger partial charge is 0.422 e. The number of hydrogen-bond acceptors (Lipinski definition) is 4. The van der Waals surface area contributed by atoms with Crippen molar-refractivity contribution in [2.75, 3.05) is 13.2 Å². The Bertz CT molecular complexity index is 1500. The number of nitrogens with zero attached hydrogens (tertiary/aromatic N) is 1. The lowest BCUT2D eigenvalue weighted by Crippen LogP contribution is -2.20. The maximum Gasteiger partial charge on any atom is 0.422 e. The van der Waals surface area contributed by atoms with Crippen molar-refractivity contribution in [2.24, 2.45) is 0 Å². The molecular formula is C24H16ClF6NO5. The molecule has 0 saturated heterocycles. The highest BCUT2D eigenvalue weighted by Crippen LogP contribution is 2.49. The minimum atomic E-state index is -4.75. The van der Waals surface area contributed by atoms with Gasteiger partial charge in [-0.25, -0.2) is 0 Å². The SMILES string of the molecule is O=C(O)Cc1ccc(-n2cc3c(OCC(F)(F)F)c4ccccc4c(OCC(F)(F)F)c3c2O)c(Cl)c1. The van der Waals surface area contributed by atoms with E-state index in [9.17, 15) is 36.2 Å². The lowest BCUT2D eigenvalue weighted by Gasteiger charge is -2.17. The summed E-state index contributed by atoms with van der Waals surface area (Å²) < 4.78 is 89.3. The summed E-state index contributed by atoms with van der Waals surface area (Å²) in [4.78, 5) is 11.0. The average molecular weight is 548 g/mol. The van der Waals surface area contributed by atoms with Crippen molar-refractivity contribution in [1.29, 1.82) is 0 Å². The molecule has 6 nitrogen and oxygen atoms in total. The van der Waals surface area contributed by atoms with Crippen LogP contribution in [0.2, 0.25) is 5.02 Å². The van der Waals surface area contributed by atoms with Crippen LogP contribution in [0.25, 0.3) is 27.2 Å². The number of ether oxygens (including phenoxy) is 2. The van der Waals surface area contributed by atoms with Gasteiger partial charge in [0.1, 0.15) is 11.5 Å². The van der Waals surface area contributed by atoms with Crippen molar-refractivity contribution < 1.29 is 50.8 Å². The van der Waals surface area contributed by atoms with Crippen molar-refractivity contribution in [3.63, 3.8) is 0 Å². The van der Waals surface area contributed by atoms with Crippen LogP contribution in [-0.2, 0) is 11.2 Å². The van der Waals surface area contributed by atoms with Gasteiger partial charge in [-0.15, -0.1) is 0 Å². The lowest BCUT2D eigenvalue weighted by atomic mass is 10.0. The number of halogens is 7. The number of fused-ring (bicyclic) bond motifs is 2. The largest absolute Gasteiger partial charge is 0.494 e. The fourth-order valence-electron chi connectivity index (χ4n) is 3.88. The van der Waals surface area contributed by atoms with Gasteiger partial charge >= 0.3 is 18.3 Å². The van der Waals surface area contributed by atoms with Gasteiger partial charge in [-0.3, -0.25) is 9.36 Å². The number of hydrogen-bond donors (Lipinski definition) is 2. The normalized spacial score (nSPS) is 12.3. The second-order valence-electron chi connectivity index (χ2n) is 7.98. The molecular weight excluding hydrogens is 532 g/mol. The van der Waals surface area contributed by atoms with Crippen molar-refractivity contribution in [3.05, 3.63) is 59.2 Å². The molecule has 0 aliphatic carbocycles. The minimum Gasteiger partial charge on any atom is -0.494 e. The van der Waals surface area contributed by atoms with Crippen LogP contribution in [0.4, 0.5) is 26.3 Å². The zero-order valence-corrected chi connectivity index (χ0v) is 19.2. The van der Waals surface area contributed by atoms with Crippen LogP contribution >= 0.6 is 11.6 Å². The summed E-state index contributed by atoms with van der Waals surface area (Å²) in [6, 6.07) is 9.64.